The minimum Gasteiger partial charge on any atom is -0.494 e. The lowest BCUT2D eigenvalue weighted by Gasteiger charge is -2.26. The highest BCUT2D eigenvalue weighted by Crippen LogP contribution is 2.12. The molecule has 0 aliphatic heterocycles. The van der Waals surface area contributed by atoms with Crippen LogP contribution >= 0.6 is 0 Å². The van der Waals surface area contributed by atoms with Crippen LogP contribution < -0.4 is 10.1 Å². The first-order valence-corrected chi connectivity index (χ1v) is 9.90. The molecule has 0 aliphatic carbocycles. The van der Waals surface area contributed by atoms with Gasteiger partial charge in [0.15, 0.2) is 6.61 Å². The smallest absolute Gasteiger partial charge is 0.325 e. The van der Waals surface area contributed by atoms with Gasteiger partial charge in [0.2, 0.25) is 0 Å². The molecule has 0 bridgehead atoms. The van der Waals surface area contributed by atoms with Crippen LogP contribution in [0.3, 0.4) is 0 Å². The van der Waals surface area contributed by atoms with Crippen LogP contribution in [0.5, 0.6) is 5.75 Å². The van der Waals surface area contributed by atoms with Gasteiger partial charge in [0.1, 0.15) is 12.3 Å². The number of hydrogen-bond acceptors (Lipinski definition) is 5. The van der Waals surface area contributed by atoms with Crippen LogP contribution in [0.2, 0.25) is 0 Å². The molecule has 0 fully saturated rings. The summed E-state index contributed by atoms with van der Waals surface area (Å²) in [5.74, 6) is -0.711. The molecular formula is C23H28N2O5. The molecule has 0 atom stereocenters. The Labute approximate surface area is 177 Å². The maximum absolute atomic E-state index is 12.5. The van der Waals surface area contributed by atoms with E-state index in [1.165, 1.54) is 0 Å². The van der Waals surface area contributed by atoms with Gasteiger partial charge in [0.25, 0.3) is 11.8 Å². The van der Waals surface area contributed by atoms with E-state index in [-0.39, 0.29) is 25.1 Å². The minimum atomic E-state index is -0.675. The highest BCUT2D eigenvalue weighted by molar-refractivity contribution is 5.96. The summed E-state index contributed by atoms with van der Waals surface area (Å²) in [7, 11) is 0. The van der Waals surface area contributed by atoms with Gasteiger partial charge in [-0.05, 0) is 50.6 Å². The summed E-state index contributed by atoms with van der Waals surface area (Å²) in [6.45, 7) is 5.96. The Morgan fingerprint density at radius 1 is 1.00 bits per heavy atom. The van der Waals surface area contributed by atoms with Crippen LogP contribution in [0, 0.1) is 0 Å². The Morgan fingerprint density at radius 2 is 1.67 bits per heavy atom. The van der Waals surface area contributed by atoms with Crippen molar-refractivity contribution in [3.8, 4) is 5.75 Å². The fourth-order valence-corrected chi connectivity index (χ4v) is 2.74. The molecule has 7 nitrogen and oxygen atoms in total. The molecule has 0 unspecified atom stereocenters. The Bertz CT molecular complexity index is 834. The van der Waals surface area contributed by atoms with Crippen molar-refractivity contribution < 1.29 is 23.9 Å². The molecule has 0 saturated carbocycles. The number of benzene rings is 2. The standard InChI is InChI=1S/C23H28N2O5/c1-4-29-20-12-10-19(11-13-20)23(28)24-14-22(27)30-16-21(26)25(17(2)3)15-18-8-6-5-7-9-18/h5-13,17H,4,14-16H2,1-3H3,(H,24,28). The summed E-state index contributed by atoms with van der Waals surface area (Å²) in [6.07, 6.45) is 0. The van der Waals surface area contributed by atoms with Gasteiger partial charge in [-0.1, -0.05) is 30.3 Å². The zero-order valence-corrected chi connectivity index (χ0v) is 17.6. The van der Waals surface area contributed by atoms with Crippen molar-refractivity contribution >= 4 is 17.8 Å². The molecule has 30 heavy (non-hydrogen) atoms. The number of esters is 1. The third-order valence-electron chi connectivity index (χ3n) is 4.32. The van der Waals surface area contributed by atoms with Crippen molar-refractivity contribution in [2.24, 2.45) is 0 Å². The first kappa shape index (κ1) is 22.9. The van der Waals surface area contributed by atoms with Crippen molar-refractivity contribution in [2.75, 3.05) is 19.8 Å². The molecule has 7 heteroatoms. The topological polar surface area (TPSA) is 84.9 Å². The van der Waals surface area contributed by atoms with Crippen LogP contribution in [0.25, 0.3) is 0 Å². The summed E-state index contributed by atoms with van der Waals surface area (Å²) in [6, 6.07) is 16.1. The third kappa shape index (κ3) is 7.24. The molecule has 0 heterocycles. The molecule has 1 N–H and O–H groups in total. The van der Waals surface area contributed by atoms with Crippen molar-refractivity contribution in [3.63, 3.8) is 0 Å². The molecule has 2 rings (SSSR count). The van der Waals surface area contributed by atoms with E-state index in [0.717, 1.165) is 5.56 Å². The van der Waals surface area contributed by atoms with Crippen molar-refractivity contribution in [2.45, 2.75) is 33.4 Å². The Kier molecular flexibility index (Phi) is 8.87. The lowest BCUT2D eigenvalue weighted by Crippen LogP contribution is -2.40. The van der Waals surface area contributed by atoms with E-state index in [2.05, 4.69) is 5.32 Å². The van der Waals surface area contributed by atoms with Crippen molar-refractivity contribution in [1.82, 2.24) is 10.2 Å². The maximum atomic E-state index is 12.5. The van der Waals surface area contributed by atoms with Gasteiger partial charge in [-0.2, -0.15) is 0 Å². The zero-order chi connectivity index (χ0) is 21.9. The summed E-state index contributed by atoms with van der Waals surface area (Å²) in [5.41, 5.74) is 1.39. The molecule has 2 aromatic rings. The van der Waals surface area contributed by atoms with Gasteiger partial charge in [0.05, 0.1) is 6.61 Å². The average Bonchev–Trinajstić information content (AvgIpc) is 2.75. The second kappa shape index (κ2) is 11.6. The van der Waals surface area contributed by atoms with Crippen LogP contribution in [0.4, 0.5) is 0 Å². The van der Waals surface area contributed by atoms with Crippen LogP contribution in [-0.2, 0) is 20.9 Å². The number of carbonyl (C=O) groups is 3. The highest BCUT2D eigenvalue weighted by Gasteiger charge is 2.19. The van der Waals surface area contributed by atoms with E-state index < -0.39 is 11.9 Å². The van der Waals surface area contributed by atoms with E-state index in [1.807, 2.05) is 51.1 Å². The second-order valence-electron chi connectivity index (χ2n) is 6.90. The van der Waals surface area contributed by atoms with E-state index in [9.17, 15) is 14.4 Å². The Hall–Kier alpha value is -3.35. The minimum absolute atomic E-state index is 0.0456. The lowest BCUT2D eigenvalue weighted by atomic mass is 10.2. The fourth-order valence-electron chi connectivity index (χ4n) is 2.74. The quantitative estimate of drug-likeness (QED) is 0.607. The molecule has 0 aromatic heterocycles. The molecular weight excluding hydrogens is 384 g/mol. The van der Waals surface area contributed by atoms with Gasteiger partial charge in [-0.15, -0.1) is 0 Å². The fraction of sp³-hybridized carbons (Fsp3) is 0.348. The van der Waals surface area contributed by atoms with Crippen molar-refractivity contribution in [1.29, 1.82) is 0 Å². The summed E-state index contributed by atoms with van der Waals surface area (Å²) < 4.78 is 10.4. The molecule has 0 spiro atoms. The summed E-state index contributed by atoms with van der Waals surface area (Å²) in [5, 5.41) is 2.49. The second-order valence-corrected chi connectivity index (χ2v) is 6.90. The first-order chi connectivity index (χ1) is 14.4. The molecule has 0 saturated heterocycles. The number of nitrogens with one attached hydrogen (secondary N) is 1. The normalized spacial score (nSPS) is 10.4. The van der Waals surface area contributed by atoms with Crippen LogP contribution in [-0.4, -0.2) is 48.5 Å². The number of nitrogens with zero attached hydrogens (tertiary/aromatic N) is 1. The van der Waals surface area contributed by atoms with Gasteiger partial charge in [-0.3, -0.25) is 14.4 Å². The number of ether oxygens (including phenoxy) is 2. The number of hydrogen-bond donors (Lipinski definition) is 1. The predicted octanol–water partition coefficient (Wildman–Crippen LogP) is 2.80. The van der Waals surface area contributed by atoms with E-state index in [0.29, 0.717) is 24.5 Å². The molecule has 0 aliphatic rings. The van der Waals surface area contributed by atoms with E-state index >= 15 is 0 Å². The zero-order valence-electron chi connectivity index (χ0n) is 17.6. The first-order valence-electron chi connectivity index (χ1n) is 9.90. The lowest BCUT2D eigenvalue weighted by molar-refractivity contribution is -0.152. The van der Waals surface area contributed by atoms with Gasteiger partial charge in [-0.25, -0.2) is 0 Å². The third-order valence-corrected chi connectivity index (χ3v) is 4.32. The number of rotatable bonds is 10. The van der Waals surface area contributed by atoms with Gasteiger partial charge < -0.3 is 19.7 Å². The Balaban J connectivity index is 1.79. The molecule has 2 amide bonds. The van der Waals surface area contributed by atoms with Crippen LogP contribution in [0.15, 0.2) is 54.6 Å². The molecule has 0 radical (unpaired) electrons. The summed E-state index contributed by atoms with van der Waals surface area (Å²) >= 11 is 0. The SMILES string of the molecule is CCOc1ccc(C(=O)NCC(=O)OCC(=O)N(Cc2ccccc2)C(C)C)cc1. The van der Waals surface area contributed by atoms with E-state index in [1.54, 1.807) is 29.2 Å². The highest BCUT2D eigenvalue weighted by atomic mass is 16.5. The summed E-state index contributed by atoms with van der Waals surface area (Å²) in [4.78, 5) is 38.2. The Morgan fingerprint density at radius 3 is 2.27 bits per heavy atom. The molecule has 2 aromatic carbocycles. The monoisotopic (exact) mass is 412 g/mol. The van der Waals surface area contributed by atoms with Crippen molar-refractivity contribution in [3.05, 3.63) is 65.7 Å². The van der Waals surface area contributed by atoms with Gasteiger partial charge in [0, 0.05) is 18.2 Å². The largest absolute Gasteiger partial charge is 0.494 e. The predicted molar refractivity (Wildman–Crippen MR) is 113 cm³/mol. The van der Waals surface area contributed by atoms with Crippen LogP contribution in [0.1, 0.15) is 36.7 Å². The average molecular weight is 412 g/mol. The van der Waals surface area contributed by atoms with Gasteiger partial charge >= 0.3 is 5.97 Å². The maximum Gasteiger partial charge on any atom is 0.325 e. The number of carbonyl (C=O) groups excluding carboxylic acids is 3. The molecule has 160 valence electrons. The number of amides is 2. The van der Waals surface area contributed by atoms with E-state index in [4.69, 9.17) is 9.47 Å².